The van der Waals surface area contributed by atoms with Gasteiger partial charge in [0.25, 0.3) is 0 Å². The number of aromatic nitrogens is 1. The maximum Gasteiger partial charge on any atom is 0.364 e. The topological polar surface area (TPSA) is 67.6 Å². The van der Waals surface area contributed by atoms with E-state index >= 15 is 0 Å². The van der Waals surface area contributed by atoms with Gasteiger partial charge in [-0.2, -0.15) is 0 Å². The summed E-state index contributed by atoms with van der Waals surface area (Å²) in [5.41, 5.74) is 3.08. The summed E-state index contributed by atoms with van der Waals surface area (Å²) in [6.07, 6.45) is 3.42. The zero-order valence-corrected chi connectivity index (χ0v) is 11.4. The second-order valence-electron chi connectivity index (χ2n) is 4.26. The van der Waals surface area contributed by atoms with Gasteiger partial charge in [-0.1, -0.05) is 0 Å². The number of fused-ring (bicyclic) bond motifs is 1. The lowest BCUT2D eigenvalue weighted by atomic mass is 10.0. The number of nitrogens with zero attached hydrogens (tertiary/aromatic N) is 1. The largest absolute Gasteiger partial charge is 0.497 e. The quantitative estimate of drug-likeness (QED) is 0.884. The molecule has 1 N–H and O–H groups in total. The summed E-state index contributed by atoms with van der Waals surface area (Å²) in [7, 11) is 1.60. The van der Waals surface area contributed by atoms with Crippen LogP contribution in [-0.4, -0.2) is 18.5 Å². The predicted octanol–water partition coefficient (Wildman–Crippen LogP) is 2.97. The molecule has 0 saturated heterocycles. The number of halogens is 1. The molecule has 6 heteroatoms. The van der Waals surface area contributed by atoms with Crippen molar-refractivity contribution in [3.8, 4) is 5.75 Å². The van der Waals surface area contributed by atoms with Crippen LogP contribution in [0.3, 0.4) is 0 Å². The Bertz CT molecular complexity index is 771. The van der Waals surface area contributed by atoms with Crippen molar-refractivity contribution in [3.63, 3.8) is 0 Å². The first kappa shape index (κ1) is 12.7. The number of hydrogen-bond donors (Lipinski definition) is 1. The number of H-pyrrole nitrogens is 1. The van der Waals surface area contributed by atoms with Crippen molar-refractivity contribution < 1.29 is 9.26 Å². The van der Waals surface area contributed by atoms with E-state index < -0.39 is 5.63 Å². The van der Waals surface area contributed by atoms with Crippen LogP contribution in [-0.2, 0) is 5.88 Å². The van der Waals surface area contributed by atoms with Gasteiger partial charge in [0.1, 0.15) is 5.75 Å². The molecule has 0 atom stereocenters. The highest BCUT2D eigenvalue weighted by molar-refractivity contribution is 6.22. The summed E-state index contributed by atoms with van der Waals surface area (Å²) in [5.74, 6) is 0.909. The number of hydrogen-bond acceptors (Lipinski definition) is 4. The van der Waals surface area contributed by atoms with Crippen molar-refractivity contribution in [1.82, 2.24) is 5.16 Å². The minimum Gasteiger partial charge on any atom is -0.497 e. The van der Waals surface area contributed by atoms with E-state index in [-0.39, 0.29) is 5.88 Å². The van der Waals surface area contributed by atoms with Crippen molar-refractivity contribution in [2.24, 2.45) is 4.99 Å². The van der Waals surface area contributed by atoms with E-state index in [4.69, 9.17) is 20.9 Å². The van der Waals surface area contributed by atoms with Gasteiger partial charge in [0.05, 0.1) is 29.9 Å². The van der Waals surface area contributed by atoms with Crippen LogP contribution in [0.1, 0.15) is 16.8 Å². The van der Waals surface area contributed by atoms with Crippen LogP contribution in [0.4, 0.5) is 5.69 Å². The molecule has 0 aliphatic carbocycles. The standard InChI is InChI=1S/C14H11ClN2O3/c1-19-9-2-3-12-10(5-9)8(7-16-12)4-11-13(6-15)17-20-14(11)18/h2-5,7,17H,6H2,1H3/b8-4+. The molecule has 0 bridgehead atoms. The summed E-state index contributed by atoms with van der Waals surface area (Å²) in [4.78, 5) is 15.9. The number of nitrogens with one attached hydrogen (secondary N) is 1. The molecule has 0 spiro atoms. The van der Waals surface area contributed by atoms with E-state index in [1.165, 1.54) is 0 Å². The Kier molecular flexibility index (Phi) is 3.20. The normalized spacial score (nSPS) is 14.8. The Morgan fingerprint density at radius 3 is 3.10 bits per heavy atom. The molecule has 1 aromatic heterocycles. The first-order valence-corrected chi connectivity index (χ1v) is 6.47. The summed E-state index contributed by atoms with van der Waals surface area (Å²) >= 11 is 5.77. The van der Waals surface area contributed by atoms with Crippen LogP contribution in [0.5, 0.6) is 5.75 Å². The molecule has 3 rings (SSSR count). The van der Waals surface area contributed by atoms with E-state index in [1.807, 2.05) is 18.2 Å². The molecule has 0 radical (unpaired) electrons. The van der Waals surface area contributed by atoms with E-state index in [9.17, 15) is 4.79 Å². The number of benzene rings is 1. The van der Waals surface area contributed by atoms with Gasteiger partial charge in [-0.25, -0.2) is 9.95 Å². The predicted molar refractivity (Wildman–Crippen MR) is 77.9 cm³/mol. The van der Waals surface area contributed by atoms with Crippen molar-refractivity contribution in [2.45, 2.75) is 5.88 Å². The zero-order chi connectivity index (χ0) is 14.1. The van der Waals surface area contributed by atoms with Gasteiger partial charge in [0, 0.05) is 17.4 Å². The summed E-state index contributed by atoms with van der Waals surface area (Å²) in [5, 5.41) is 2.51. The molecule has 1 aliphatic heterocycles. The van der Waals surface area contributed by atoms with Crippen molar-refractivity contribution >= 4 is 35.2 Å². The molecule has 2 aromatic rings. The van der Waals surface area contributed by atoms with Gasteiger partial charge in [-0.05, 0) is 24.3 Å². The fourth-order valence-electron chi connectivity index (χ4n) is 2.05. The van der Waals surface area contributed by atoms with Gasteiger partial charge in [-0.3, -0.25) is 4.99 Å². The first-order chi connectivity index (χ1) is 9.72. The molecule has 1 aliphatic rings. The lowest BCUT2D eigenvalue weighted by Crippen LogP contribution is -1.98. The fraction of sp³-hybridized carbons (Fsp3) is 0.143. The van der Waals surface area contributed by atoms with Crippen molar-refractivity contribution in [1.29, 1.82) is 0 Å². The van der Waals surface area contributed by atoms with Gasteiger partial charge >= 0.3 is 5.63 Å². The third kappa shape index (κ3) is 2.06. The smallest absolute Gasteiger partial charge is 0.364 e. The average molecular weight is 291 g/mol. The Hall–Kier alpha value is -2.27. The van der Waals surface area contributed by atoms with Gasteiger partial charge in [-0.15, -0.1) is 11.6 Å². The summed E-state index contributed by atoms with van der Waals surface area (Å²) < 4.78 is 9.95. The molecule has 0 saturated carbocycles. The second kappa shape index (κ2) is 5.02. The maximum absolute atomic E-state index is 11.7. The number of aliphatic imine (C=N–C) groups is 1. The third-order valence-corrected chi connectivity index (χ3v) is 3.37. The molecular formula is C14H11ClN2O3. The SMILES string of the molecule is COc1ccc2c(c1)/C(=C/c1c(CCl)[nH]oc1=O)C=N2. The highest BCUT2D eigenvalue weighted by Gasteiger charge is 2.16. The zero-order valence-electron chi connectivity index (χ0n) is 10.6. The van der Waals surface area contributed by atoms with Crippen molar-refractivity contribution in [2.75, 3.05) is 7.11 Å². The summed E-state index contributed by atoms with van der Waals surface area (Å²) in [6.45, 7) is 0. The monoisotopic (exact) mass is 290 g/mol. The number of aromatic amines is 1. The minimum absolute atomic E-state index is 0.174. The molecule has 102 valence electrons. The van der Waals surface area contributed by atoms with Crippen LogP contribution < -0.4 is 10.4 Å². The van der Waals surface area contributed by atoms with Crippen molar-refractivity contribution in [3.05, 3.63) is 45.4 Å². The van der Waals surface area contributed by atoms with Gasteiger partial charge < -0.3 is 9.26 Å². The van der Waals surface area contributed by atoms with E-state index in [1.54, 1.807) is 19.4 Å². The maximum atomic E-state index is 11.7. The molecule has 0 fully saturated rings. The molecule has 5 nitrogen and oxygen atoms in total. The molecule has 0 amide bonds. The van der Waals surface area contributed by atoms with Crippen LogP contribution >= 0.6 is 11.6 Å². The highest BCUT2D eigenvalue weighted by Crippen LogP contribution is 2.35. The molecule has 0 unspecified atom stereocenters. The highest BCUT2D eigenvalue weighted by atomic mass is 35.5. The molecule has 2 heterocycles. The Morgan fingerprint density at radius 2 is 2.35 bits per heavy atom. The number of allylic oxidation sites excluding steroid dienone is 1. The molecular weight excluding hydrogens is 280 g/mol. The van der Waals surface area contributed by atoms with Gasteiger partial charge in [0.15, 0.2) is 0 Å². The second-order valence-corrected chi connectivity index (χ2v) is 4.53. The van der Waals surface area contributed by atoms with E-state index in [2.05, 4.69) is 10.1 Å². The third-order valence-electron chi connectivity index (χ3n) is 3.10. The van der Waals surface area contributed by atoms with Crippen LogP contribution in [0.15, 0.2) is 32.5 Å². The Balaban J connectivity index is 2.10. The first-order valence-electron chi connectivity index (χ1n) is 5.93. The molecule has 20 heavy (non-hydrogen) atoms. The number of methoxy groups -OCH3 is 1. The Morgan fingerprint density at radius 1 is 1.50 bits per heavy atom. The van der Waals surface area contributed by atoms with Crippen LogP contribution in [0.25, 0.3) is 11.6 Å². The fourth-order valence-corrected chi connectivity index (χ4v) is 2.25. The van der Waals surface area contributed by atoms with Crippen LogP contribution in [0.2, 0.25) is 0 Å². The minimum atomic E-state index is -0.446. The average Bonchev–Trinajstić information content (AvgIpc) is 3.03. The van der Waals surface area contributed by atoms with Crippen LogP contribution in [0, 0.1) is 0 Å². The lowest BCUT2D eigenvalue weighted by molar-refractivity contribution is 0.386. The van der Waals surface area contributed by atoms with E-state index in [0.29, 0.717) is 11.3 Å². The van der Waals surface area contributed by atoms with E-state index in [0.717, 1.165) is 22.6 Å². The number of alkyl halides is 1. The number of ether oxygens (including phenoxy) is 1. The summed E-state index contributed by atoms with van der Waals surface area (Å²) in [6, 6.07) is 5.59. The van der Waals surface area contributed by atoms with Gasteiger partial charge in [0.2, 0.25) is 0 Å². The molecule has 1 aromatic carbocycles. The lowest BCUT2D eigenvalue weighted by Gasteiger charge is -2.03. The number of rotatable bonds is 3. The Labute approximate surface area is 119 Å².